The summed E-state index contributed by atoms with van der Waals surface area (Å²) in [6, 6.07) is 22.0. The van der Waals surface area contributed by atoms with Crippen molar-refractivity contribution >= 4 is 11.5 Å². The third-order valence-electron chi connectivity index (χ3n) is 5.10. The molecule has 0 aliphatic carbocycles. The Bertz CT molecular complexity index is 1060. The Morgan fingerprint density at radius 3 is 2.28 bits per heavy atom. The van der Waals surface area contributed by atoms with Gasteiger partial charge in [-0.05, 0) is 29.3 Å². The van der Waals surface area contributed by atoms with Gasteiger partial charge in [0.15, 0.2) is 5.76 Å². The van der Waals surface area contributed by atoms with E-state index in [1.165, 1.54) is 11.0 Å². The van der Waals surface area contributed by atoms with Gasteiger partial charge in [-0.15, -0.1) is 0 Å². The molecule has 4 nitrogen and oxygen atoms in total. The molecule has 0 saturated carbocycles. The molecule has 4 rings (SSSR count). The van der Waals surface area contributed by atoms with Crippen LogP contribution in [0.3, 0.4) is 0 Å². The molecule has 5 heteroatoms. The van der Waals surface area contributed by atoms with Gasteiger partial charge in [-0.2, -0.15) is 0 Å². The van der Waals surface area contributed by atoms with Crippen molar-refractivity contribution in [2.45, 2.75) is 12.6 Å². The molecule has 0 aromatic heterocycles. The maximum atomic E-state index is 14.7. The molecule has 0 spiro atoms. The van der Waals surface area contributed by atoms with E-state index in [4.69, 9.17) is 4.74 Å². The van der Waals surface area contributed by atoms with E-state index in [1.54, 1.807) is 37.4 Å². The summed E-state index contributed by atoms with van der Waals surface area (Å²) in [5.74, 6) is -0.586. The zero-order valence-electron chi connectivity index (χ0n) is 15.9. The van der Waals surface area contributed by atoms with Gasteiger partial charge < -0.3 is 14.7 Å². The molecule has 0 radical (unpaired) electrons. The number of methoxy groups -OCH3 is 1. The molecule has 1 aliphatic rings. The maximum Gasteiger partial charge on any atom is 0.290 e. The number of halogens is 1. The van der Waals surface area contributed by atoms with E-state index in [0.29, 0.717) is 22.4 Å². The number of hydrogen-bond donors (Lipinski definition) is 1. The average molecular weight is 389 g/mol. The van der Waals surface area contributed by atoms with Crippen molar-refractivity contribution in [1.82, 2.24) is 4.90 Å². The van der Waals surface area contributed by atoms with Gasteiger partial charge >= 0.3 is 0 Å². The predicted molar refractivity (Wildman–Crippen MR) is 109 cm³/mol. The van der Waals surface area contributed by atoms with Crippen LogP contribution < -0.4 is 4.74 Å². The Kier molecular flexibility index (Phi) is 5.04. The van der Waals surface area contributed by atoms with Gasteiger partial charge in [-0.1, -0.05) is 60.7 Å². The lowest BCUT2D eigenvalue weighted by molar-refractivity contribution is -0.130. The highest BCUT2D eigenvalue weighted by molar-refractivity contribution is 6.05. The zero-order chi connectivity index (χ0) is 20.4. The van der Waals surface area contributed by atoms with Crippen LogP contribution in [0.4, 0.5) is 4.39 Å². The van der Waals surface area contributed by atoms with Gasteiger partial charge in [0.05, 0.1) is 13.2 Å². The first-order valence-corrected chi connectivity index (χ1v) is 9.27. The van der Waals surface area contributed by atoms with E-state index in [0.717, 1.165) is 5.56 Å². The van der Waals surface area contributed by atoms with Gasteiger partial charge in [-0.25, -0.2) is 4.39 Å². The second kappa shape index (κ2) is 7.80. The number of carbonyl (C=O) groups is 1. The molecule has 3 aromatic carbocycles. The van der Waals surface area contributed by atoms with Gasteiger partial charge in [-0.3, -0.25) is 4.79 Å². The van der Waals surface area contributed by atoms with Gasteiger partial charge in [0, 0.05) is 17.7 Å². The van der Waals surface area contributed by atoms with Crippen molar-refractivity contribution in [1.29, 1.82) is 0 Å². The van der Waals surface area contributed by atoms with Crippen molar-refractivity contribution in [3.8, 4) is 5.75 Å². The van der Waals surface area contributed by atoms with Crippen LogP contribution in [0.5, 0.6) is 5.75 Å². The summed E-state index contributed by atoms with van der Waals surface area (Å²) in [4.78, 5) is 14.5. The minimum absolute atomic E-state index is 0.224. The Morgan fingerprint density at radius 2 is 1.62 bits per heavy atom. The molecule has 29 heavy (non-hydrogen) atoms. The van der Waals surface area contributed by atoms with Crippen LogP contribution in [-0.4, -0.2) is 23.0 Å². The molecule has 1 heterocycles. The normalized spacial score (nSPS) is 16.4. The van der Waals surface area contributed by atoms with Crippen molar-refractivity contribution in [3.05, 3.63) is 107 Å². The van der Waals surface area contributed by atoms with Gasteiger partial charge in [0.2, 0.25) is 0 Å². The first kappa shape index (κ1) is 18.7. The molecule has 0 saturated heterocycles. The first-order chi connectivity index (χ1) is 14.1. The fourth-order valence-electron chi connectivity index (χ4n) is 3.68. The number of aliphatic hydroxyl groups is 1. The Morgan fingerprint density at radius 1 is 0.966 bits per heavy atom. The predicted octanol–water partition coefficient (Wildman–Crippen LogP) is 4.89. The number of amides is 1. The molecular weight excluding hydrogens is 369 g/mol. The monoisotopic (exact) mass is 389 g/mol. The van der Waals surface area contributed by atoms with E-state index in [-0.39, 0.29) is 12.3 Å². The van der Waals surface area contributed by atoms with Gasteiger partial charge in [0.25, 0.3) is 5.91 Å². The minimum Gasteiger partial charge on any atom is -0.503 e. The smallest absolute Gasteiger partial charge is 0.290 e. The van der Waals surface area contributed by atoms with E-state index in [1.807, 2.05) is 42.5 Å². The van der Waals surface area contributed by atoms with Crippen LogP contribution in [0.1, 0.15) is 22.7 Å². The van der Waals surface area contributed by atoms with E-state index >= 15 is 0 Å². The standard InChI is InChI=1S/C24H20FNO3/c1-29-18-13-11-16(12-14-18)15-26-22(19-9-5-6-10-20(19)25)21(23(27)24(26)28)17-7-3-2-4-8-17/h2-14,22,27H,15H2,1H3/t22-/m1/s1. The van der Waals surface area contributed by atoms with Crippen molar-refractivity contribution in [3.63, 3.8) is 0 Å². The van der Waals surface area contributed by atoms with Crippen LogP contribution in [-0.2, 0) is 11.3 Å². The van der Waals surface area contributed by atoms with Crippen molar-refractivity contribution in [2.75, 3.05) is 7.11 Å². The van der Waals surface area contributed by atoms with Crippen LogP contribution >= 0.6 is 0 Å². The highest BCUT2D eigenvalue weighted by atomic mass is 19.1. The summed E-state index contributed by atoms with van der Waals surface area (Å²) in [6.45, 7) is 0.224. The molecule has 3 aromatic rings. The lowest BCUT2D eigenvalue weighted by atomic mass is 9.93. The molecule has 1 atom stereocenters. The summed E-state index contributed by atoms with van der Waals surface area (Å²) in [7, 11) is 1.58. The van der Waals surface area contributed by atoms with Crippen molar-refractivity contribution < 1.29 is 19.0 Å². The van der Waals surface area contributed by atoms with Gasteiger partial charge in [0.1, 0.15) is 11.6 Å². The Balaban J connectivity index is 1.79. The SMILES string of the molecule is COc1ccc(CN2C(=O)C(O)=C(c3ccccc3)[C@H]2c2ccccc2F)cc1. The van der Waals surface area contributed by atoms with Crippen LogP contribution in [0.25, 0.3) is 5.57 Å². The number of ether oxygens (including phenoxy) is 1. The molecule has 1 N–H and O–H groups in total. The minimum atomic E-state index is -0.729. The fraction of sp³-hybridized carbons (Fsp3) is 0.125. The lowest BCUT2D eigenvalue weighted by Crippen LogP contribution is -2.30. The van der Waals surface area contributed by atoms with Crippen molar-refractivity contribution in [2.24, 2.45) is 0 Å². The first-order valence-electron chi connectivity index (χ1n) is 9.27. The van der Waals surface area contributed by atoms with E-state index < -0.39 is 17.8 Å². The third-order valence-corrected chi connectivity index (χ3v) is 5.10. The highest BCUT2D eigenvalue weighted by Crippen LogP contribution is 2.44. The number of nitrogens with zero attached hydrogens (tertiary/aromatic N) is 1. The average Bonchev–Trinajstić information content (AvgIpc) is 3.00. The third kappa shape index (κ3) is 3.47. The van der Waals surface area contributed by atoms with Crippen LogP contribution in [0, 0.1) is 5.82 Å². The number of rotatable bonds is 5. The summed E-state index contributed by atoms with van der Waals surface area (Å²) in [5.41, 5.74) is 2.29. The molecule has 1 amide bonds. The number of benzene rings is 3. The molecule has 0 unspecified atom stereocenters. The molecule has 0 fully saturated rings. The molecule has 1 aliphatic heterocycles. The van der Waals surface area contributed by atoms with Crippen LogP contribution in [0.2, 0.25) is 0 Å². The summed E-state index contributed by atoms with van der Waals surface area (Å²) < 4.78 is 19.9. The molecule has 0 bridgehead atoms. The maximum absolute atomic E-state index is 14.7. The molecular formula is C24H20FNO3. The Hall–Kier alpha value is -3.60. The summed E-state index contributed by atoms with van der Waals surface area (Å²) in [5, 5.41) is 10.7. The topological polar surface area (TPSA) is 49.8 Å². The molecule has 146 valence electrons. The fourth-order valence-corrected chi connectivity index (χ4v) is 3.68. The largest absolute Gasteiger partial charge is 0.503 e. The quantitative estimate of drug-likeness (QED) is 0.676. The highest BCUT2D eigenvalue weighted by Gasteiger charge is 2.41. The number of carbonyl (C=O) groups excluding carboxylic acids is 1. The van der Waals surface area contributed by atoms with E-state index in [9.17, 15) is 14.3 Å². The zero-order valence-corrected chi connectivity index (χ0v) is 15.9. The number of aliphatic hydroxyl groups excluding tert-OH is 1. The second-order valence-electron chi connectivity index (χ2n) is 6.83. The second-order valence-corrected chi connectivity index (χ2v) is 6.83. The number of hydrogen-bond acceptors (Lipinski definition) is 3. The van der Waals surface area contributed by atoms with Crippen LogP contribution in [0.15, 0.2) is 84.6 Å². The Labute approximate surface area is 168 Å². The summed E-state index contributed by atoms with van der Waals surface area (Å²) >= 11 is 0. The van der Waals surface area contributed by atoms with E-state index in [2.05, 4.69) is 0 Å². The lowest BCUT2D eigenvalue weighted by Gasteiger charge is -2.28. The summed E-state index contributed by atoms with van der Waals surface area (Å²) in [6.07, 6.45) is 0.